The lowest BCUT2D eigenvalue weighted by atomic mass is 9.86. The van der Waals surface area contributed by atoms with Crippen LogP contribution in [0.5, 0.6) is 0 Å². The zero-order valence-corrected chi connectivity index (χ0v) is 11.3. The molecule has 0 aliphatic carbocycles. The molecule has 1 aromatic heterocycles. The first-order valence-electron chi connectivity index (χ1n) is 5.40. The number of aromatic amines is 1. The maximum Gasteiger partial charge on any atom is 0.309 e. The number of benzene rings is 1. The van der Waals surface area contributed by atoms with Crippen molar-refractivity contribution < 1.29 is 9.90 Å². The second-order valence-electron chi connectivity index (χ2n) is 4.84. The third kappa shape index (κ3) is 2.22. The number of aliphatic carboxylic acids is 1. The standard InChI is InChI=1S/C13H14BrNO2/c1-13(2,12(16)17)6-8-7-15-10-5-3-4-9(14)11(8)10/h3-5,7,15H,6H2,1-2H3,(H,16,17). The van der Waals surface area contributed by atoms with Crippen LogP contribution in [0, 0.1) is 5.41 Å². The maximum absolute atomic E-state index is 11.1. The fourth-order valence-electron chi connectivity index (χ4n) is 1.90. The van der Waals surface area contributed by atoms with E-state index < -0.39 is 11.4 Å². The number of H-pyrrole nitrogens is 1. The van der Waals surface area contributed by atoms with Gasteiger partial charge in [0, 0.05) is 21.6 Å². The molecule has 0 unspecified atom stereocenters. The molecule has 90 valence electrons. The molecule has 0 aliphatic heterocycles. The van der Waals surface area contributed by atoms with E-state index in [1.807, 2.05) is 24.4 Å². The number of carboxylic acids is 1. The third-order valence-corrected chi connectivity index (χ3v) is 3.61. The molecule has 2 rings (SSSR count). The highest BCUT2D eigenvalue weighted by Crippen LogP contribution is 2.31. The summed E-state index contributed by atoms with van der Waals surface area (Å²) in [6.07, 6.45) is 2.39. The van der Waals surface area contributed by atoms with Gasteiger partial charge in [-0.3, -0.25) is 4.79 Å². The van der Waals surface area contributed by atoms with Crippen LogP contribution in [0.1, 0.15) is 19.4 Å². The molecule has 0 bridgehead atoms. The molecule has 0 fully saturated rings. The van der Waals surface area contributed by atoms with Crippen molar-refractivity contribution >= 4 is 32.8 Å². The Hall–Kier alpha value is -1.29. The zero-order valence-electron chi connectivity index (χ0n) is 9.75. The lowest BCUT2D eigenvalue weighted by Crippen LogP contribution is -2.26. The Morgan fingerprint density at radius 1 is 1.47 bits per heavy atom. The largest absolute Gasteiger partial charge is 0.481 e. The molecule has 2 aromatic rings. The molecule has 0 aliphatic rings. The summed E-state index contributed by atoms with van der Waals surface area (Å²) in [6, 6.07) is 5.90. The van der Waals surface area contributed by atoms with Crippen LogP contribution in [0.3, 0.4) is 0 Å². The van der Waals surface area contributed by atoms with E-state index in [0.717, 1.165) is 20.9 Å². The van der Waals surface area contributed by atoms with Crippen molar-refractivity contribution in [2.45, 2.75) is 20.3 Å². The van der Waals surface area contributed by atoms with Crippen molar-refractivity contribution in [3.63, 3.8) is 0 Å². The van der Waals surface area contributed by atoms with Crippen molar-refractivity contribution in [1.82, 2.24) is 4.98 Å². The fraction of sp³-hybridized carbons (Fsp3) is 0.308. The average Bonchev–Trinajstić information content (AvgIpc) is 2.62. The van der Waals surface area contributed by atoms with Gasteiger partial charge in [-0.15, -0.1) is 0 Å². The first kappa shape index (κ1) is 12.2. The van der Waals surface area contributed by atoms with Crippen molar-refractivity contribution in [3.8, 4) is 0 Å². The second kappa shape index (κ2) is 4.18. The molecule has 3 nitrogen and oxygen atoms in total. The molecular weight excluding hydrogens is 282 g/mol. The second-order valence-corrected chi connectivity index (χ2v) is 5.70. The number of fused-ring (bicyclic) bond motifs is 1. The molecule has 1 heterocycles. The van der Waals surface area contributed by atoms with Crippen LogP contribution in [-0.2, 0) is 11.2 Å². The van der Waals surface area contributed by atoms with Gasteiger partial charge in [0.2, 0.25) is 0 Å². The Labute approximate surface area is 108 Å². The number of halogens is 1. The van der Waals surface area contributed by atoms with Crippen molar-refractivity contribution in [1.29, 1.82) is 0 Å². The van der Waals surface area contributed by atoms with Crippen LogP contribution in [0.4, 0.5) is 0 Å². The molecule has 0 saturated heterocycles. The highest BCUT2D eigenvalue weighted by molar-refractivity contribution is 9.10. The van der Waals surface area contributed by atoms with E-state index in [9.17, 15) is 4.79 Å². The molecule has 0 radical (unpaired) electrons. The van der Waals surface area contributed by atoms with E-state index >= 15 is 0 Å². The Morgan fingerprint density at radius 3 is 2.82 bits per heavy atom. The Balaban J connectivity index is 2.47. The van der Waals surface area contributed by atoms with Crippen LogP contribution in [0.15, 0.2) is 28.9 Å². The Morgan fingerprint density at radius 2 is 2.18 bits per heavy atom. The monoisotopic (exact) mass is 295 g/mol. The van der Waals surface area contributed by atoms with Crippen molar-refractivity contribution in [3.05, 3.63) is 34.4 Å². The van der Waals surface area contributed by atoms with Gasteiger partial charge in [0.1, 0.15) is 0 Å². The average molecular weight is 296 g/mol. The van der Waals surface area contributed by atoms with Crippen LogP contribution < -0.4 is 0 Å². The summed E-state index contributed by atoms with van der Waals surface area (Å²) < 4.78 is 0.993. The Bertz CT molecular complexity index is 572. The minimum absolute atomic E-state index is 0.505. The predicted octanol–water partition coefficient (Wildman–Crippen LogP) is 3.58. The predicted molar refractivity (Wildman–Crippen MR) is 71.1 cm³/mol. The van der Waals surface area contributed by atoms with Gasteiger partial charge < -0.3 is 10.1 Å². The zero-order chi connectivity index (χ0) is 12.6. The summed E-state index contributed by atoms with van der Waals surface area (Å²) in [5, 5.41) is 10.2. The van der Waals surface area contributed by atoms with E-state index in [0.29, 0.717) is 6.42 Å². The molecule has 0 amide bonds. The summed E-state index contributed by atoms with van der Waals surface area (Å²) in [6.45, 7) is 3.48. The summed E-state index contributed by atoms with van der Waals surface area (Å²) in [7, 11) is 0. The van der Waals surface area contributed by atoms with Crippen molar-refractivity contribution in [2.24, 2.45) is 5.41 Å². The number of carbonyl (C=O) groups is 1. The minimum atomic E-state index is -0.779. The molecule has 17 heavy (non-hydrogen) atoms. The van der Waals surface area contributed by atoms with Gasteiger partial charge in [0.05, 0.1) is 5.41 Å². The van der Waals surface area contributed by atoms with E-state index in [2.05, 4.69) is 20.9 Å². The molecule has 0 atom stereocenters. The highest BCUT2D eigenvalue weighted by atomic mass is 79.9. The van der Waals surface area contributed by atoms with Gasteiger partial charge in [-0.05, 0) is 38.0 Å². The van der Waals surface area contributed by atoms with E-state index in [4.69, 9.17) is 5.11 Å². The van der Waals surface area contributed by atoms with E-state index in [-0.39, 0.29) is 0 Å². The number of rotatable bonds is 3. The summed E-state index contributed by atoms with van der Waals surface area (Å²) in [5.41, 5.74) is 1.29. The first-order chi connectivity index (χ1) is 7.92. The summed E-state index contributed by atoms with van der Waals surface area (Å²) in [5.74, 6) is -0.779. The molecule has 0 saturated carbocycles. The molecule has 1 aromatic carbocycles. The Kier molecular flexibility index (Phi) is 3.00. The maximum atomic E-state index is 11.1. The van der Waals surface area contributed by atoms with Gasteiger partial charge in [0.15, 0.2) is 0 Å². The van der Waals surface area contributed by atoms with Crippen LogP contribution >= 0.6 is 15.9 Å². The topological polar surface area (TPSA) is 53.1 Å². The van der Waals surface area contributed by atoms with E-state index in [1.165, 1.54) is 0 Å². The van der Waals surface area contributed by atoms with Gasteiger partial charge >= 0.3 is 5.97 Å². The number of hydrogen-bond acceptors (Lipinski definition) is 1. The molecule has 2 N–H and O–H groups in total. The van der Waals surface area contributed by atoms with Gasteiger partial charge in [0.25, 0.3) is 0 Å². The first-order valence-corrected chi connectivity index (χ1v) is 6.19. The van der Waals surface area contributed by atoms with Crippen LogP contribution in [0.25, 0.3) is 10.9 Å². The van der Waals surface area contributed by atoms with Gasteiger partial charge in [-0.2, -0.15) is 0 Å². The molecular formula is C13H14BrNO2. The number of hydrogen-bond donors (Lipinski definition) is 2. The molecule has 4 heteroatoms. The number of nitrogens with one attached hydrogen (secondary N) is 1. The lowest BCUT2D eigenvalue weighted by Gasteiger charge is -2.18. The lowest BCUT2D eigenvalue weighted by molar-refractivity contribution is -0.146. The normalized spacial score (nSPS) is 11.9. The quantitative estimate of drug-likeness (QED) is 0.909. The minimum Gasteiger partial charge on any atom is -0.481 e. The van der Waals surface area contributed by atoms with Crippen LogP contribution in [0.2, 0.25) is 0 Å². The fourth-order valence-corrected chi connectivity index (χ4v) is 2.52. The summed E-state index contributed by atoms with van der Waals surface area (Å²) in [4.78, 5) is 14.3. The van der Waals surface area contributed by atoms with Gasteiger partial charge in [-0.25, -0.2) is 0 Å². The number of aromatic nitrogens is 1. The van der Waals surface area contributed by atoms with Crippen molar-refractivity contribution in [2.75, 3.05) is 0 Å². The van der Waals surface area contributed by atoms with E-state index in [1.54, 1.807) is 13.8 Å². The highest BCUT2D eigenvalue weighted by Gasteiger charge is 2.28. The van der Waals surface area contributed by atoms with Gasteiger partial charge in [-0.1, -0.05) is 22.0 Å². The third-order valence-electron chi connectivity index (χ3n) is 2.95. The SMILES string of the molecule is CC(C)(Cc1c[nH]c2cccc(Br)c12)C(=O)O. The number of carboxylic acid groups (broad SMARTS) is 1. The summed E-state index contributed by atoms with van der Waals surface area (Å²) >= 11 is 3.50. The molecule has 0 spiro atoms. The van der Waals surface area contributed by atoms with Crippen LogP contribution in [-0.4, -0.2) is 16.1 Å². The smallest absolute Gasteiger partial charge is 0.309 e.